The van der Waals surface area contributed by atoms with Crippen molar-refractivity contribution in [2.75, 3.05) is 17.7 Å². The Balaban J connectivity index is 1.57. The monoisotopic (exact) mass is 498 g/mol. The highest BCUT2D eigenvalue weighted by Crippen LogP contribution is 2.32. The summed E-state index contributed by atoms with van der Waals surface area (Å²) in [6, 6.07) is -0.705. The normalized spacial score (nSPS) is 21.4. The fourth-order valence-electron chi connectivity index (χ4n) is 4.57. The predicted molar refractivity (Wildman–Crippen MR) is 129 cm³/mol. The first kappa shape index (κ1) is 25.8. The van der Waals surface area contributed by atoms with E-state index in [-0.39, 0.29) is 30.0 Å². The van der Waals surface area contributed by atoms with Gasteiger partial charge in [0.25, 0.3) is 0 Å². The van der Waals surface area contributed by atoms with E-state index in [2.05, 4.69) is 22.5 Å². The molecule has 3 rings (SSSR count). The minimum Gasteiger partial charge on any atom is -0.481 e. The highest BCUT2D eigenvalue weighted by Gasteiger charge is 2.35. The van der Waals surface area contributed by atoms with Gasteiger partial charge in [-0.3, -0.25) is 15.4 Å². The SMILES string of the molecule is CCCOC1CCC(N(C(=O)NC(=O)Nc2ncc(SCC(=O)O)s2)C2CCCCC2)CC1. The third-order valence-corrected chi connectivity index (χ3v) is 8.15. The molecule has 0 saturated heterocycles. The maximum Gasteiger partial charge on any atom is 0.329 e. The van der Waals surface area contributed by atoms with Crippen molar-refractivity contribution in [3.05, 3.63) is 6.20 Å². The first-order valence-corrected chi connectivity index (χ1v) is 13.6. The Morgan fingerprint density at radius 2 is 1.85 bits per heavy atom. The molecule has 11 heteroatoms. The molecular formula is C22H34N4O5S2. The van der Waals surface area contributed by atoms with E-state index in [1.807, 2.05) is 4.90 Å². The van der Waals surface area contributed by atoms with Crippen LogP contribution in [-0.2, 0) is 9.53 Å². The third kappa shape index (κ3) is 8.15. The van der Waals surface area contributed by atoms with E-state index in [0.717, 1.165) is 76.2 Å². The molecule has 1 aromatic rings. The Morgan fingerprint density at radius 1 is 1.15 bits per heavy atom. The van der Waals surface area contributed by atoms with Crippen LogP contribution in [0.4, 0.5) is 14.7 Å². The number of carbonyl (C=O) groups excluding carboxylic acids is 2. The summed E-state index contributed by atoms with van der Waals surface area (Å²) in [5, 5.41) is 14.2. The van der Waals surface area contributed by atoms with Gasteiger partial charge in [0.2, 0.25) is 0 Å². The molecule has 0 radical (unpaired) electrons. The molecule has 0 bridgehead atoms. The topological polar surface area (TPSA) is 121 Å². The maximum absolute atomic E-state index is 13.2. The average Bonchev–Trinajstić information content (AvgIpc) is 3.25. The van der Waals surface area contributed by atoms with Crippen LogP contribution in [0.25, 0.3) is 0 Å². The van der Waals surface area contributed by atoms with E-state index in [1.165, 1.54) is 24.0 Å². The number of aromatic nitrogens is 1. The number of carboxylic acids is 1. The number of carboxylic acid groups (broad SMARTS) is 1. The van der Waals surface area contributed by atoms with Gasteiger partial charge in [0.05, 0.1) is 22.3 Å². The maximum atomic E-state index is 13.2. The van der Waals surface area contributed by atoms with E-state index < -0.39 is 12.0 Å². The second-order valence-corrected chi connectivity index (χ2v) is 10.9. The van der Waals surface area contributed by atoms with Gasteiger partial charge in [0.15, 0.2) is 5.13 Å². The molecule has 1 aromatic heterocycles. The van der Waals surface area contributed by atoms with Gasteiger partial charge < -0.3 is 14.7 Å². The van der Waals surface area contributed by atoms with E-state index in [9.17, 15) is 14.4 Å². The van der Waals surface area contributed by atoms with Crippen LogP contribution in [0, 0.1) is 0 Å². The predicted octanol–water partition coefficient (Wildman–Crippen LogP) is 4.93. The number of urea groups is 2. The number of thiazole rings is 1. The number of imide groups is 1. The third-order valence-electron chi connectivity index (χ3n) is 6.06. The highest BCUT2D eigenvalue weighted by atomic mass is 32.2. The van der Waals surface area contributed by atoms with Crippen molar-refractivity contribution in [1.82, 2.24) is 15.2 Å². The van der Waals surface area contributed by atoms with Crippen molar-refractivity contribution in [2.24, 2.45) is 0 Å². The lowest BCUT2D eigenvalue weighted by Crippen LogP contribution is -2.55. The molecule has 184 valence electrons. The number of aliphatic carboxylic acids is 1. The van der Waals surface area contributed by atoms with Gasteiger partial charge in [-0.05, 0) is 44.9 Å². The van der Waals surface area contributed by atoms with Gasteiger partial charge in [0, 0.05) is 18.7 Å². The van der Waals surface area contributed by atoms with Crippen LogP contribution in [0.1, 0.15) is 71.1 Å². The number of hydrogen-bond acceptors (Lipinski definition) is 7. The van der Waals surface area contributed by atoms with Gasteiger partial charge in [-0.15, -0.1) is 11.8 Å². The molecule has 0 spiro atoms. The molecule has 9 nitrogen and oxygen atoms in total. The molecule has 2 saturated carbocycles. The standard InChI is InChI=1S/C22H34N4O5S2/c1-2-12-31-17-10-8-16(9-11-17)26(15-6-4-3-5-7-15)22(30)25-20(29)24-21-23-13-19(33-21)32-14-18(27)28/h13,15-17H,2-12,14H2,1H3,(H,27,28)(H2,23,24,25,29,30). The van der Waals surface area contributed by atoms with Gasteiger partial charge in [-0.1, -0.05) is 37.5 Å². The van der Waals surface area contributed by atoms with Crippen LogP contribution >= 0.6 is 23.1 Å². The molecule has 1 heterocycles. The number of amides is 4. The van der Waals surface area contributed by atoms with Crippen molar-refractivity contribution >= 4 is 46.3 Å². The van der Waals surface area contributed by atoms with Crippen molar-refractivity contribution < 1.29 is 24.2 Å². The highest BCUT2D eigenvalue weighted by molar-refractivity contribution is 8.01. The first-order chi connectivity index (χ1) is 16.0. The van der Waals surface area contributed by atoms with Crippen molar-refractivity contribution in [2.45, 2.75) is 93.5 Å². The largest absolute Gasteiger partial charge is 0.481 e. The number of ether oxygens (including phenoxy) is 1. The first-order valence-electron chi connectivity index (χ1n) is 11.8. The van der Waals surface area contributed by atoms with E-state index in [1.54, 1.807) is 0 Å². The molecule has 3 N–H and O–H groups in total. The molecular weight excluding hydrogens is 464 g/mol. The molecule has 2 aliphatic rings. The van der Waals surface area contributed by atoms with Gasteiger partial charge >= 0.3 is 18.0 Å². The minimum atomic E-state index is -0.917. The summed E-state index contributed by atoms with van der Waals surface area (Å²) in [5.41, 5.74) is 0. The van der Waals surface area contributed by atoms with E-state index in [4.69, 9.17) is 9.84 Å². The Bertz CT molecular complexity index is 792. The lowest BCUT2D eigenvalue weighted by atomic mass is 9.88. The molecule has 0 aliphatic heterocycles. The minimum absolute atomic E-state index is 0.0750. The van der Waals surface area contributed by atoms with Crippen LogP contribution < -0.4 is 10.6 Å². The Morgan fingerprint density at radius 3 is 2.52 bits per heavy atom. The number of anilines is 1. The molecule has 0 unspecified atom stereocenters. The summed E-state index contributed by atoms with van der Waals surface area (Å²) >= 11 is 2.32. The zero-order valence-corrected chi connectivity index (χ0v) is 20.7. The zero-order chi connectivity index (χ0) is 23.6. The number of rotatable bonds is 9. The quantitative estimate of drug-likeness (QED) is 0.413. The summed E-state index contributed by atoms with van der Waals surface area (Å²) in [7, 11) is 0. The summed E-state index contributed by atoms with van der Waals surface area (Å²) in [5.74, 6) is -0.992. The van der Waals surface area contributed by atoms with Crippen molar-refractivity contribution in [3.63, 3.8) is 0 Å². The Kier molecular flexibility index (Phi) is 10.3. The summed E-state index contributed by atoms with van der Waals surface area (Å²) in [4.78, 5) is 42.4. The lowest BCUT2D eigenvalue weighted by molar-refractivity contribution is -0.133. The summed E-state index contributed by atoms with van der Waals surface area (Å²) < 4.78 is 6.59. The lowest BCUT2D eigenvalue weighted by Gasteiger charge is -2.42. The second kappa shape index (κ2) is 13.1. The van der Waals surface area contributed by atoms with E-state index in [0.29, 0.717) is 9.34 Å². The fourth-order valence-corrected chi connectivity index (χ4v) is 6.16. The molecule has 33 heavy (non-hydrogen) atoms. The Hall–Kier alpha value is -1.85. The second-order valence-electron chi connectivity index (χ2n) is 8.55. The van der Waals surface area contributed by atoms with Crippen LogP contribution in [0.15, 0.2) is 10.4 Å². The van der Waals surface area contributed by atoms with Gasteiger partial charge in [-0.25, -0.2) is 14.6 Å². The zero-order valence-electron chi connectivity index (χ0n) is 19.1. The molecule has 0 atom stereocenters. The van der Waals surface area contributed by atoms with Crippen LogP contribution in [0.2, 0.25) is 0 Å². The number of thioether (sulfide) groups is 1. The van der Waals surface area contributed by atoms with E-state index >= 15 is 0 Å². The smallest absolute Gasteiger partial charge is 0.329 e. The van der Waals surface area contributed by atoms with Gasteiger partial charge in [-0.2, -0.15) is 0 Å². The molecule has 4 amide bonds. The average molecular weight is 499 g/mol. The number of nitrogens with zero attached hydrogens (tertiary/aromatic N) is 2. The number of carbonyl (C=O) groups is 3. The molecule has 2 fully saturated rings. The van der Waals surface area contributed by atoms with Crippen LogP contribution in [0.3, 0.4) is 0 Å². The van der Waals surface area contributed by atoms with Crippen LogP contribution in [-0.4, -0.2) is 63.6 Å². The molecule has 2 aliphatic carbocycles. The van der Waals surface area contributed by atoms with Crippen LogP contribution in [0.5, 0.6) is 0 Å². The summed E-state index contributed by atoms with van der Waals surface area (Å²) in [6.45, 7) is 2.88. The van der Waals surface area contributed by atoms with Crippen molar-refractivity contribution in [1.29, 1.82) is 0 Å². The summed E-state index contributed by atoms with van der Waals surface area (Å²) in [6.07, 6.45) is 11.8. The Labute approximate surface area is 203 Å². The van der Waals surface area contributed by atoms with Gasteiger partial charge in [0.1, 0.15) is 0 Å². The number of nitrogens with one attached hydrogen (secondary N) is 2. The van der Waals surface area contributed by atoms with Crippen molar-refractivity contribution in [3.8, 4) is 0 Å². The number of hydrogen-bond donors (Lipinski definition) is 3. The fraction of sp³-hybridized carbons (Fsp3) is 0.727. The molecule has 0 aromatic carbocycles.